The van der Waals surface area contributed by atoms with Crippen molar-refractivity contribution in [1.82, 2.24) is 19.8 Å². The smallest absolute Gasteiger partial charge is 0.169 e. The van der Waals surface area contributed by atoms with Crippen molar-refractivity contribution in [3.05, 3.63) is 18.2 Å². The fourth-order valence-electron chi connectivity index (χ4n) is 7.31. The molecule has 7 heteroatoms. The van der Waals surface area contributed by atoms with Crippen molar-refractivity contribution in [2.24, 2.45) is 17.8 Å². The number of rotatable bonds is 9. The molecule has 4 bridgehead atoms. The van der Waals surface area contributed by atoms with Crippen LogP contribution in [0, 0.1) is 17.8 Å². The van der Waals surface area contributed by atoms with Gasteiger partial charge in [0.2, 0.25) is 0 Å². The molecule has 1 aliphatic heterocycles. The summed E-state index contributed by atoms with van der Waals surface area (Å²) < 4.78 is 13.3. The lowest BCUT2D eigenvalue weighted by molar-refractivity contribution is -0.0113. The van der Waals surface area contributed by atoms with E-state index in [-0.39, 0.29) is 0 Å². The zero-order valence-corrected chi connectivity index (χ0v) is 20.5. The minimum Gasteiger partial charge on any atom is -0.379 e. The second-order valence-corrected chi connectivity index (χ2v) is 11.1. The number of ether oxygens (including phenoxy) is 2. The van der Waals surface area contributed by atoms with Gasteiger partial charge in [-0.25, -0.2) is 4.98 Å². The molecule has 0 spiro atoms. The van der Waals surface area contributed by atoms with Gasteiger partial charge in [0.25, 0.3) is 0 Å². The van der Waals surface area contributed by atoms with E-state index in [1.165, 1.54) is 44.3 Å². The fraction of sp³-hybridized carbons (Fsp3) is 0.840. The molecule has 5 fully saturated rings. The van der Waals surface area contributed by atoms with Crippen LogP contribution in [0.4, 0.5) is 0 Å². The summed E-state index contributed by atoms with van der Waals surface area (Å²) in [5, 5.41) is 4.92. The monoisotopic (exact) mass is 460 g/mol. The van der Waals surface area contributed by atoms with Crippen molar-refractivity contribution in [2.45, 2.75) is 76.3 Å². The topological polar surface area (TPSA) is 51.6 Å². The van der Waals surface area contributed by atoms with E-state index in [0.29, 0.717) is 31.3 Å². The average molecular weight is 461 g/mol. The number of hydrogen-bond acceptors (Lipinski definition) is 4. The molecule has 0 atom stereocenters. The van der Waals surface area contributed by atoms with Crippen LogP contribution >= 0.6 is 12.2 Å². The van der Waals surface area contributed by atoms with Crippen molar-refractivity contribution in [3.63, 3.8) is 0 Å². The number of thiocarbonyl (C=S) groups is 1. The molecular weight excluding hydrogens is 420 g/mol. The molecule has 6 nitrogen and oxygen atoms in total. The summed E-state index contributed by atoms with van der Waals surface area (Å²) in [6.07, 6.45) is 14.7. The highest BCUT2D eigenvalue weighted by atomic mass is 32.1. The minimum atomic E-state index is 0.307. The molecule has 0 amide bonds. The van der Waals surface area contributed by atoms with Crippen molar-refractivity contribution < 1.29 is 9.47 Å². The molecule has 1 aromatic rings. The van der Waals surface area contributed by atoms with E-state index in [1.54, 1.807) is 0 Å². The summed E-state index contributed by atoms with van der Waals surface area (Å²) in [6.45, 7) is 7.70. The van der Waals surface area contributed by atoms with Gasteiger partial charge in [0, 0.05) is 50.1 Å². The van der Waals surface area contributed by atoms with Crippen LogP contribution in [0.5, 0.6) is 0 Å². The van der Waals surface area contributed by atoms with Gasteiger partial charge in [-0.05, 0) is 88.3 Å². The standard InChI is InChI=1S/C25H40N4O2S/c1-2-30-11-12-31-10-9-28-8-5-26-23(28)22-3-6-29(7-4-22)24(32)27-25-16-19-13-20(17-25)15-21(14-19)18-25/h5,8,19-22H,2-4,6-7,9-18H2,1H3,(H,27,32). The lowest BCUT2D eigenvalue weighted by atomic mass is 9.53. The normalized spacial score (nSPS) is 31.9. The Kier molecular flexibility index (Phi) is 7.05. The molecule has 6 rings (SSSR count). The first kappa shape index (κ1) is 22.6. The Morgan fingerprint density at radius 3 is 2.38 bits per heavy atom. The Morgan fingerprint density at radius 1 is 1.06 bits per heavy atom. The fourth-order valence-corrected chi connectivity index (χ4v) is 7.71. The van der Waals surface area contributed by atoms with Gasteiger partial charge >= 0.3 is 0 Å². The highest BCUT2D eigenvalue weighted by Crippen LogP contribution is 2.55. The number of imidazole rings is 1. The van der Waals surface area contributed by atoms with E-state index < -0.39 is 0 Å². The van der Waals surface area contributed by atoms with Crippen molar-refractivity contribution in [1.29, 1.82) is 0 Å². The Labute approximate surface area is 198 Å². The largest absolute Gasteiger partial charge is 0.379 e. The Bertz CT molecular complexity index is 738. The van der Waals surface area contributed by atoms with Gasteiger partial charge in [-0.3, -0.25) is 0 Å². The van der Waals surface area contributed by atoms with Crippen LogP contribution in [0.15, 0.2) is 12.4 Å². The van der Waals surface area contributed by atoms with Crippen molar-refractivity contribution >= 4 is 17.3 Å². The third-order valence-corrected chi connectivity index (χ3v) is 8.72. The number of likely N-dealkylation sites (tertiary alicyclic amines) is 1. The van der Waals surface area contributed by atoms with E-state index in [2.05, 4.69) is 21.0 Å². The van der Waals surface area contributed by atoms with E-state index in [9.17, 15) is 0 Å². The molecule has 0 aromatic carbocycles. The Balaban J connectivity index is 1.09. The van der Waals surface area contributed by atoms with Crippen LogP contribution in [0.2, 0.25) is 0 Å². The zero-order valence-electron chi connectivity index (χ0n) is 19.6. The lowest BCUT2D eigenvalue weighted by Gasteiger charge is -2.57. The lowest BCUT2D eigenvalue weighted by Crippen LogP contribution is -2.62. The maximum Gasteiger partial charge on any atom is 0.169 e. The molecule has 5 aliphatic rings. The first-order valence-corrected chi connectivity index (χ1v) is 13.3. The molecule has 1 aromatic heterocycles. The number of piperidine rings is 1. The van der Waals surface area contributed by atoms with Gasteiger partial charge in [0.1, 0.15) is 5.82 Å². The van der Waals surface area contributed by atoms with Gasteiger partial charge in [0.05, 0.1) is 19.8 Å². The van der Waals surface area contributed by atoms with E-state index in [1.807, 2.05) is 13.1 Å². The summed E-state index contributed by atoms with van der Waals surface area (Å²) >= 11 is 5.94. The summed E-state index contributed by atoms with van der Waals surface area (Å²) in [5.74, 6) is 4.56. The van der Waals surface area contributed by atoms with E-state index >= 15 is 0 Å². The predicted molar refractivity (Wildman–Crippen MR) is 130 cm³/mol. The third kappa shape index (κ3) is 5.00. The highest BCUT2D eigenvalue weighted by molar-refractivity contribution is 7.80. The SMILES string of the molecule is CCOCCOCCn1ccnc1C1CCN(C(=S)NC23CC4CC(CC(C4)C2)C3)CC1. The second-order valence-electron chi connectivity index (χ2n) is 10.7. The van der Waals surface area contributed by atoms with Crippen molar-refractivity contribution in [3.8, 4) is 0 Å². The zero-order chi connectivity index (χ0) is 22.0. The first-order chi connectivity index (χ1) is 15.6. The van der Waals surface area contributed by atoms with Gasteiger partial charge in [-0.15, -0.1) is 0 Å². The average Bonchev–Trinajstić information content (AvgIpc) is 3.23. The summed E-state index contributed by atoms with van der Waals surface area (Å²) in [5.41, 5.74) is 0.307. The highest BCUT2D eigenvalue weighted by Gasteiger charge is 2.51. The van der Waals surface area contributed by atoms with Crippen LogP contribution < -0.4 is 5.32 Å². The van der Waals surface area contributed by atoms with Crippen LogP contribution in [0.3, 0.4) is 0 Å². The van der Waals surface area contributed by atoms with Crippen LogP contribution in [-0.2, 0) is 16.0 Å². The van der Waals surface area contributed by atoms with E-state index in [0.717, 1.165) is 61.9 Å². The maximum atomic E-state index is 5.94. The minimum absolute atomic E-state index is 0.307. The summed E-state index contributed by atoms with van der Waals surface area (Å²) in [4.78, 5) is 7.13. The molecule has 1 N–H and O–H groups in total. The van der Waals surface area contributed by atoms with Crippen LogP contribution in [0.1, 0.15) is 70.0 Å². The number of nitrogens with one attached hydrogen (secondary N) is 1. The third-order valence-electron chi connectivity index (χ3n) is 8.36. The molecule has 4 aliphatic carbocycles. The number of hydrogen-bond donors (Lipinski definition) is 1. The predicted octanol–water partition coefficient (Wildman–Crippen LogP) is 3.96. The van der Waals surface area contributed by atoms with Gasteiger partial charge in [-0.2, -0.15) is 0 Å². The van der Waals surface area contributed by atoms with Crippen LogP contribution in [-0.4, -0.2) is 64.6 Å². The molecular formula is C25H40N4O2S. The van der Waals surface area contributed by atoms with Crippen molar-refractivity contribution in [2.75, 3.05) is 39.5 Å². The molecule has 4 saturated carbocycles. The van der Waals surface area contributed by atoms with Crippen LogP contribution in [0.25, 0.3) is 0 Å². The molecule has 1 saturated heterocycles. The quantitative estimate of drug-likeness (QED) is 0.445. The molecule has 178 valence electrons. The molecule has 2 heterocycles. The van der Waals surface area contributed by atoms with E-state index in [4.69, 9.17) is 26.7 Å². The number of aromatic nitrogens is 2. The summed E-state index contributed by atoms with van der Waals surface area (Å²) in [7, 11) is 0. The summed E-state index contributed by atoms with van der Waals surface area (Å²) in [6, 6.07) is 0. The Morgan fingerprint density at radius 2 is 1.72 bits per heavy atom. The number of nitrogens with zero attached hydrogens (tertiary/aromatic N) is 3. The maximum absolute atomic E-state index is 5.94. The molecule has 0 radical (unpaired) electrons. The first-order valence-electron chi connectivity index (χ1n) is 12.9. The Hall–Kier alpha value is -1.18. The van der Waals surface area contributed by atoms with Gasteiger partial charge in [0.15, 0.2) is 5.11 Å². The second kappa shape index (κ2) is 9.98. The van der Waals surface area contributed by atoms with Gasteiger partial charge < -0.3 is 24.3 Å². The molecule has 0 unspecified atom stereocenters. The molecule has 32 heavy (non-hydrogen) atoms. The van der Waals surface area contributed by atoms with Gasteiger partial charge in [-0.1, -0.05) is 0 Å².